The summed E-state index contributed by atoms with van der Waals surface area (Å²) in [6.07, 6.45) is 0.619. The van der Waals surface area contributed by atoms with Crippen LogP contribution in [0.3, 0.4) is 0 Å². The van der Waals surface area contributed by atoms with Gasteiger partial charge in [-0.1, -0.05) is 0 Å². The summed E-state index contributed by atoms with van der Waals surface area (Å²) in [6.45, 7) is 1.84. The Hall–Kier alpha value is -1.04. The molecule has 14 heavy (non-hydrogen) atoms. The van der Waals surface area contributed by atoms with E-state index in [0.29, 0.717) is 12.2 Å². The van der Waals surface area contributed by atoms with Crippen LogP contribution in [0.4, 0.5) is 5.82 Å². The quantitative estimate of drug-likeness (QED) is 0.722. The zero-order chi connectivity index (χ0) is 10.3. The van der Waals surface area contributed by atoms with Crippen LogP contribution in [0.25, 0.3) is 0 Å². The molecule has 1 aromatic heterocycles. The molecule has 0 radical (unpaired) electrons. The summed E-state index contributed by atoms with van der Waals surface area (Å²) in [5.74, 6) is 0.957. The maximum atomic E-state index is 11.3. The molecular formula is C8H13N3O2S. The second-order valence-electron chi connectivity index (χ2n) is 3.71. The van der Waals surface area contributed by atoms with Crippen molar-refractivity contribution in [1.82, 2.24) is 9.78 Å². The Labute approximate surface area is 82.8 Å². The molecule has 0 bridgehead atoms. The average Bonchev–Trinajstić information content (AvgIpc) is 2.55. The van der Waals surface area contributed by atoms with Crippen LogP contribution in [0.2, 0.25) is 0 Å². The van der Waals surface area contributed by atoms with Gasteiger partial charge in [-0.05, 0) is 13.3 Å². The molecule has 1 aromatic rings. The summed E-state index contributed by atoms with van der Waals surface area (Å²) in [5.41, 5.74) is 6.54. The van der Waals surface area contributed by atoms with Crippen LogP contribution in [-0.4, -0.2) is 29.7 Å². The molecule has 6 heteroatoms. The van der Waals surface area contributed by atoms with E-state index >= 15 is 0 Å². The van der Waals surface area contributed by atoms with Crippen LogP contribution in [-0.2, 0) is 9.84 Å². The molecule has 5 nitrogen and oxygen atoms in total. The van der Waals surface area contributed by atoms with Crippen LogP contribution >= 0.6 is 0 Å². The highest BCUT2D eigenvalue weighted by Gasteiger charge is 2.30. The van der Waals surface area contributed by atoms with Gasteiger partial charge in [-0.25, -0.2) is 13.1 Å². The number of rotatable bonds is 1. The maximum Gasteiger partial charge on any atom is 0.152 e. The molecule has 1 atom stereocenters. The predicted molar refractivity (Wildman–Crippen MR) is 53.7 cm³/mol. The number of hydrogen-bond donors (Lipinski definition) is 1. The third-order valence-corrected chi connectivity index (χ3v) is 4.19. The number of anilines is 1. The molecular weight excluding hydrogens is 202 g/mol. The van der Waals surface area contributed by atoms with Crippen LogP contribution in [0.1, 0.15) is 18.2 Å². The van der Waals surface area contributed by atoms with Crippen LogP contribution in [0.15, 0.2) is 6.07 Å². The van der Waals surface area contributed by atoms with Crippen LogP contribution in [0.5, 0.6) is 0 Å². The van der Waals surface area contributed by atoms with Gasteiger partial charge in [0.25, 0.3) is 0 Å². The second kappa shape index (κ2) is 2.98. The Morgan fingerprint density at radius 1 is 1.64 bits per heavy atom. The van der Waals surface area contributed by atoms with Crippen molar-refractivity contribution in [2.45, 2.75) is 19.4 Å². The van der Waals surface area contributed by atoms with Crippen molar-refractivity contribution < 1.29 is 8.42 Å². The fourth-order valence-corrected chi connectivity index (χ4v) is 3.49. The van der Waals surface area contributed by atoms with Crippen molar-refractivity contribution in [1.29, 1.82) is 0 Å². The monoisotopic (exact) mass is 215 g/mol. The van der Waals surface area contributed by atoms with Crippen LogP contribution < -0.4 is 5.73 Å². The molecule has 0 aliphatic carbocycles. The first kappa shape index (κ1) is 9.51. The van der Waals surface area contributed by atoms with Crippen LogP contribution in [0, 0.1) is 6.92 Å². The van der Waals surface area contributed by atoms with Gasteiger partial charge in [0.2, 0.25) is 0 Å². The Balaban J connectivity index is 2.30. The minimum atomic E-state index is -2.87. The normalized spacial score (nSPS) is 25.4. The highest BCUT2D eigenvalue weighted by Crippen LogP contribution is 2.25. The van der Waals surface area contributed by atoms with Gasteiger partial charge in [-0.2, -0.15) is 5.10 Å². The smallest absolute Gasteiger partial charge is 0.152 e. The topological polar surface area (TPSA) is 78.0 Å². The molecule has 0 spiro atoms. The van der Waals surface area contributed by atoms with E-state index in [-0.39, 0.29) is 17.5 Å². The van der Waals surface area contributed by atoms with Gasteiger partial charge in [0.05, 0.1) is 23.2 Å². The minimum absolute atomic E-state index is 0.0753. The summed E-state index contributed by atoms with van der Waals surface area (Å²) < 4.78 is 24.1. The van der Waals surface area contributed by atoms with Crippen molar-refractivity contribution in [3.05, 3.63) is 11.8 Å². The van der Waals surface area contributed by atoms with Crippen molar-refractivity contribution in [3.8, 4) is 0 Å². The van der Waals surface area contributed by atoms with Gasteiger partial charge in [0, 0.05) is 6.07 Å². The lowest BCUT2D eigenvalue weighted by atomic mass is 10.3. The molecule has 2 N–H and O–H groups in total. The molecule has 0 amide bonds. The van der Waals surface area contributed by atoms with Gasteiger partial charge >= 0.3 is 0 Å². The SMILES string of the molecule is Cc1cc(N)n(C2CCS(=O)(=O)C2)n1. The minimum Gasteiger partial charge on any atom is -0.384 e. The summed E-state index contributed by atoms with van der Waals surface area (Å²) in [5, 5.41) is 4.18. The number of hydrogen-bond acceptors (Lipinski definition) is 4. The fraction of sp³-hybridized carbons (Fsp3) is 0.625. The molecule has 2 rings (SSSR count). The van der Waals surface area contributed by atoms with E-state index in [0.717, 1.165) is 5.69 Å². The van der Waals surface area contributed by atoms with Gasteiger partial charge in [-0.15, -0.1) is 0 Å². The Morgan fingerprint density at radius 3 is 2.79 bits per heavy atom. The van der Waals surface area contributed by atoms with E-state index in [1.54, 1.807) is 10.7 Å². The maximum absolute atomic E-state index is 11.3. The van der Waals surface area contributed by atoms with Crippen molar-refractivity contribution in [2.24, 2.45) is 0 Å². The highest BCUT2D eigenvalue weighted by atomic mass is 32.2. The third kappa shape index (κ3) is 1.61. The van der Waals surface area contributed by atoms with Crippen molar-refractivity contribution in [3.63, 3.8) is 0 Å². The highest BCUT2D eigenvalue weighted by molar-refractivity contribution is 7.91. The lowest BCUT2D eigenvalue weighted by molar-refractivity contribution is 0.504. The Morgan fingerprint density at radius 2 is 2.36 bits per heavy atom. The summed E-state index contributed by atoms with van der Waals surface area (Å²) in [6, 6.07) is 1.68. The van der Waals surface area contributed by atoms with Gasteiger partial charge in [0.15, 0.2) is 9.84 Å². The largest absolute Gasteiger partial charge is 0.384 e. The summed E-state index contributed by atoms with van der Waals surface area (Å²) in [7, 11) is -2.87. The molecule has 0 saturated carbocycles. The molecule has 78 valence electrons. The fourth-order valence-electron chi connectivity index (χ4n) is 1.80. The molecule has 2 heterocycles. The van der Waals surface area contributed by atoms with E-state index in [1.807, 2.05) is 6.92 Å². The lowest BCUT2D eigenvalue weighted by Gasteiger charge is -2.09. The first-order chi connectivity index (χ1) is 6.48. The number of nitrogen functional groups attached to an aromatic ring is 1. The third-order valence-electron chi connectivity index (χ3n) is 2.44. The first-order valence-corrected chi connectivity index (χ1v) is 6.32. The van der Waals surface area contributed by atoms with E-state index in [4.69, 9.17) is 5.73 Å². The van der Waals surface area contributed by atoms with Crippen molar-refractivity contribution >= 4 is 15.7 Å². The van der Waals surface area contributed by atoms with Gasteiger partial charge in [-0.3, -0.25) is 0 Å². The number of nitrogens with zero attached hydrogens (tertiary/aromatic N) is 2. The second-order valence-corrected chi connectivity index (χ2v) is 5.94. The Kier molecular flexibility index (Phi) is 2.02. The Bertz CT molecular complexity index is 449. The molecule has 1 aliphatic rings. The molecule has 1 fully saturated rings. The van der Waals surface area contributed by atoms with E-state index < -0.39 is 9.84 Å². The van der Waals surface area contributed by atoms with Gasteiger partial charge < -0.3 is 5.73 Å². The molecule has 0 aromatic carbocycles. The summed E-state index contributed by atoms with van der Waals surface area (Å²) in [4.78, 5) is 0. The molecule has 1 unspecified atom stereocenters. The zero-order valence-corrected chi connectivity index (χ0v) is 8.79. The van der Waals surface area contributed by atoms with E-state index in [9.17, 15) is 8.42 Å². The standard InChI is InChI=1S/C8H13N3O2S/c1-6-4-8(9)11(10-6)7-2-3-14(12,13)5-7/h4,7H,2-3,5,9H2,1H3. The molecule has 1 saturated heterocycles. The number of aryl methyl sites for hydroxylation is 1. The number of aromatic nitrogens is 2. The summed E-state index contributed by atoms with van der Waals surface area (Å²) >= 11 is 0. The van der Waals surface area contributed by atoms with Crippen molar-refractivity contribution in [2.75, 3.05) is 17.2 Å². The lowest BCUT2D eigenvalue weighted by Crippen LogP contribution is -2.14. The predicted octanol–water partition coefficient (Wildman–Crippen LogP) is 0.133. The average molecular weight is 215 g/mol. The first-order valence-electron chi connectivity index (χ1n) is 4.50. The number of nitrogens with two attached hydrogens (primary N) is 1. The molecule has 1 aliphatic heterocycles. The number of sulfone groups is 1. The van der Waals surface area contributed by atoms with E-state index in [2.05, 4.69) is 5.10 Å². The zero-order valence-electron chi connectivity index (χ0n) is 7.97. The van der Waals surface area contributed by atoms with E-state index in [1.165, 1.54) is 0 Å². The van der Waals surface area contributed by atoms with Gasteiger partial charge in [0.1, 0.15) is 5.82 Å².